The predicted molar refractivity (Wildman–Crippen MR) is 127 cm³/mol. The van der Waals surface area contributed by atoms with Crippen LogP contribution in [0, 0.1) is 17.0 Å². The zero-order chi connectivity index (χ0) is 24.2. The summed E-state index contributed by atoms with van der Waals surface area (Å²) in [7, 11) is 1.52. The van der Waals surface area contributed by atoms with E-state index in [1.54, 1.807) is 43.3 Å². The van der Waals surface area contributed by atoms with Crippen molar-refractivity contribution >= 4 is 35.2 Å². The third-order valence-electron chi connectivity index (χ3n) is 5.13. The van der Waals surface area contributed by atoms with Crippen LogP contribution >= 0.6 is 11.6 Å². The van der Waals surface area contributed by atoms with E-state index < -0.39 is 10.9 Å². The van der Waals surface area contributed by atoms with Gasteiger partial charge in [-0.3, -0.25) is 10.1 Å². The van der Waals surface area contributed by atoms with Gasteiger partial charge >= 0.3 is 5.97 Å². The van der Waals surface area contributed by atoms with Crippen molar-refractivity contribution in [1.29, 1.82) is 0 Å². The molecule has 0 bridgehead atoms. The van der Waals surface area contributed by atoms with Gasteiger partial charge in [-0.2, -0.15) is 0 Å². The van der Waals surface area contributed by atoms with E-state index in [4.69, 9.17) is 25.8 Å². The molecule has 0 unspecified atom stereocenters. The number of esters is 1. The van der Waals surface area contributed by atoms with Crippen LogP contribution in [0.25, 0.3) is 6.08 Å². The Morgan fingerprint density at radius 3 is 2.65 bits per heavy atom. The lowest BCUT2D eigenvalue weighted by molar-refractivity contribution is -0.385. The minimum Gasteiger partial charge on any atom is -0.493 e. The van der Waals surface area contributed by atoms with Crippen molar-refractivity contribution in [3.63, 3.8) is 0 Å². The molecular weight excluding hydrogens is 460 g/mol. The molecule has 1 aliphatic rings. The fourth-order valence-electron chi connectivity index (χ4n) is 3.42. The number of aliphatic imine (C=N–C) groups is 1. The van der Waals surface area contributed by atoms with Crippen molar-refractivity contribution in [3.8, 4) is 11.5 Å². The van der Waals surface area contributed by atoms with Crippen molar-refractivity contribution in [2.45, 2.75) is 13.5 Å². The van der Waals surface area contributed by atoms with Crippen molar-refractivity contribution < 1.29 is 23.9 Å². The number of methoxy groups -OCH3 is 1. The Morgan fingerprint density at radius 1 is 1.12 bits per heavy atom. The molecule has 0 atom stereocenters. The number of nitro benzene ring substituents is 1. The van der Waals surface area contributed by atoms with Crippen LogP contribution in [0.5, 0.6) is 11.5 Å². The Balaban J connectivity index is 1.57. The van der Waals surface area contributed by atoms with E-state index in [0.717, 1.165) is 5.56 Å². The molecule has 4 rings (SSSR count). The second-order valence-electron chi connectivity index (χ2n) is 7.37. The fourth-order valence-corrected chi connectivity index (χ4v) is 3.63. The number of hydrogen-bond acceptors (Lipinski definition) is 7. The maximum absolute atomic E-state index is 12.4. The van der Waals surface area contributed by atoms with Gasteiger partial charge in [0.2, 0.25) is 5.90 Å². The smallest absolute Gasteiger partial charge is 0.363 e. The molecule has 172 valence electrons. The van der Waals surface area contributed by atoms with Crippen LogP contribution in [0.1, 0.15) is 22.3 Å². The number of carbonyl (C=O) groups excluding carboxylic acids is 1. The highest BCUT2D eigenvalue weighted by molar-refractivity contribution is 6.30. The van der Waals surface area contributed by atoms with Crippen LogP contribution in [0.4, 0.5) is 5.69 Å². The van der Waals surface area contributed by atoms with Gasteiger partial charge in [0.05, 0.1) is 12.0 Å². The molecule has 0 aliphatic carbocycles. The molecule has 34 heavy (non-hydrogen) atoms. The molecule has 0 aromatic heterocycles. The first-order valence-electron chi connectivity index (χ1n) is 10.2. The summed E-state index contributed by atoms with van der Waals surface area (Å²) in [6.45, 7) is 1.89. The van der Waals surface area contributed by atoms with Gasteiger partial charge in [-0.1, -0.05) is 35.9 Å². The minimum atomic E-state index is -0.652. The number of rotatable bonds is 7. The summed E-state index contributed by atoms with van der Waals surface area (Å²) in [5, 5.41) is 11.8. The normalized spacial score (nSPS) is 14.0. The second-order valence-corrected chi connectivity index (χ2v) is 7.81. The fraction of sp³-hybridized carbons (Fsp3) is 0.120. The highest BCUT2D eigenvalue weighted by Crippen LogP contribution is 2.31. The van der Waals surface area contributed by atoms with Crippen LogP contribution in [-0.4, -0.2) is 23.9 Å². The Hall–Kier alpha value is -4.17. The van der Waals surface area contributed by atoms with Gasteiger partial charge in [0, 0.05) is 22.2 Å². The maximum atomic E-state index is 12.4. The molecule has 0 fully saturated rings. The Kier molecular flexibility index (Phi) is 6.60. The topological polar surface area (TPSA) is 100 Å². The molecule has 0 saturated heterocycles. The van der Waals surface area contributed by atoms with E-state index in [2.05, 4.69) is 4.99 Å². The number of halogens is 1. The standard InChI is InChI=1S/C25H19ClN2O6/c1-15-19(7-4-8-21(15)28(30)31)24-27-20(25(29)34-24)12-16-9-10-22(23(13-16)32-2)33-14-17-5-3-6-18(26)11-17/h3-13H,14H2,1-2H3/b20-12-. The maximum Gasteiger partial charge on any atom is 0.363 e. The van der Waals surface area contributed by atoms with Gasteiger partial charge < -0.3 is 14.2 Å². The molecule has 9 heteroatoms. The third-order valence-corrected chi connectivity index (χ3v) is 5.36. The first-order chi connectivity index (χ1) is 16.4. The molecule has 3 aromatic rings. The van der Waals surface area contributed by atoms with E-state index in [1.807, 2.05) is 18.2 Å². The minimum absolute atomic E-state index is 0.0193. The molecule has 3 aromatic carbocycles. The van der Waals surface area contributed by atoms with Crippen LogP contribution < -0.4 is 9.47 Å². The van der Waals surface area contributed by atoms with Gasteiger partial charge in [-0.15, -0.1) is 0 Å². The van der Waals surface area contributed by atoms with Crippen molar-refractivity contribution in [2.24, 2.45) is 4.99 Å². The Bertz CT molecular complexity index is 1350. The highest BCUT2D eigenvalue weighted by atomic mass is 35.5. The van der Waals surface area contributed by atoms with Crippen LogP contribution in [0.15, 0.2) is 71.4 Å². The summed E-state index contributed by atoms with van der Waals surface area (Å²) in [5.41, 5.74) is 2.28. The number of nitrogens with zero attached hydrogens (tertiary/aromatic N) is 2. The van der Waals surface area contributed by atoms with E-state index in [-0.39, 0.29) is 17.3 Å². The number of carbonyl (C=O) groups is 1. The summed E-state index contributed by atoms with van der Waals surface area (Å²) in [5.74, 6) is 0.364. The average molecular weight is 479 g/mol. The van der Waals surface area contributed by atoms with Crippen LogP contribution in [0.2, 0.25) is 5.02 Å². The summed E-state index contributed by atoms with van der Waals surface area (Å²) < 4.78 is 16.6. The van der Waals surface area contributed by atoms with E-state index in [0.29, 0.717) is 39.8 Å². The van der Waals surface area contributed by atoms with Gasteiger partial charge in [0.15, 0.2) is 17.2 Å². The lowest BCUT2D eigenvalue weighted by Gasteiger charge is -2.11. The Morgan fingerprint density at radius 2 is 1.91 bits per heavy atom. The molecule has 1 heterocycles. The molecule has 0 spiro atoms. The van der Waals surface area contributed by atoms with E-state index in [9.17, 15) is 14.9 Å². The predicted octanol–water partition coefficient (Wildman–Crippen LogP) is 5.49. The van der Waals surface area contributed by atoms with Crippen molar-refractivity contribution in [3.05, 3.63) is 104 Å². The van der Waals surface area contributed by atoms with Gasteiger partial charge in [-0.05, 0) is 54.5 Å². The lowest BCUT2D eigenvalue weighted by Crippen LogP contribution is -2.08. The quantitative estimate of drug-likeness (QED) is 0.193. The highest BCUT2D eigenvalue weighted by Gasteiger charge is 2.27. The third kappa shape index (κ3) is 4.92. The van der Waals surface area contributed by atoms with Gasteiger partial charge in [0.1, 0.15) is 6.61 Å². The van der Waals surface area contributed by atoms with Crippen LogP contribution in [-0.2, 0) is 16.1 Å². The Labute approximate surface area is 200 Å². The van der Waals surface area contributed by atoms with Crippen molar-refractivity contribution in [1.82, 2.24) is 0 Å². The number of benzene rings is 3. The molecule has 0 amide bonds. The summed E-state index contributed by atoms with van der Waals surface area (Å²) in [6.07, 6.45) is 1.55. The molecule has 0 saturated carbocycles. The first-order valence-corrected chi connectivity index (χ1v) is 10.6. The second kappa shape index (κ2) is 9.76. The zero-order valence-electron chi connectivity index (χ0n) is 18.3. The van der Waals surface area contributed by atoms with Gasteiger partial charge in [-0.25, -0.2) is 9.79 Å². The van der Waals surface area contributed by atoms with Crippen molar-refractivity contribution in [2.75, 3.05) is 7.11 Å². The SMILES string of the molecule is COc1cc(/C=C2\N=C(c3cccc([N+](=O)[O-])c3C)OC2=O)ccc1OCc1cccc(Cl)c1. The number of cyclic esters (lactones) is 1. The molecular formula is C25H19ClN2O6. The molecule has 8 nitrogen and oxygen atoms in total. The zero-order valence-corrected chi connectivity index (χ0v) is 19.0. The largest absolute Gasteiger partial charge is 0.493 e. The lowest BCUT2D eigenvalue weighted by atomic mass is 10.1. The number of hydrogen-bond donors (Lipinski definition) is 0. The average Bonchev–Trinajstić information content (AvgIpc) is 3.17. The molecule has 0 radical (unpaired) electrons. The number of ether oxygens (including phenoxy) is 3. The number of nitro groups is 1. The molecule has 0 N–H and O–H groups in total. The van der Waals surface area contributed by atoms with Gasteiger partial charge in [0.25, 0.3) is 5.69 Å². The van der Waals surface area contributed by atoms with E-state index >= 15 is 0 Å². The first kappa shape index (κ1) is 23.0. The summed E-state index contributed by atoms with van der Waals surface area (Å²) in [6, 6.07) is 17.1. The van der Waals surface area contributed by atoms with Crippen LogP contribution in [0.3, 0.4) is 0 Å². The van der Waals surface area contributed by atoms with E-state index in [1.165, 1.54) is 19.2 Å². The molecule has 1 aliphatic heterocycles. The summed E-state index contributed by atoms with van der Waals surface area (Å²) >= 11 is 6.01. The summed E-state index contributed by atoms with van der Waals surface area (Å²) in [4.78, 5) is 27.4. The monoisotopic (exact) mass is 478 g/mol.